The van der Waals surface area contributed by atoms with Gasteiger partial charge in [0.2, 0.25) is 5.91 Å². The molecule has 24 heavy (non-hydrogen) atoms. The maximum atomic E-state index is 12.8. The summed E-state index contributed by atoms with van der Waals surface area (Å²) in [6, 6.07) is 5.64. The van der Waals surface area contributed by atoms with Gasteiger partial charge in [-0.3, -0.25) is 9.59 Å². The smallest absolute Gasteiger partial charge is 0.255 e. The van der Waals surface area contributed by atoms with Gasteiger partial charge < -0.3 is 19.9 Å². The quantitative estimate of drug-likeness (QED) is 0.887. The first-order valence-corrected chi connectivity index (χ1v) is 8.70. The summed E-state index contributed by atoms with van der Waals surface area (Å²) in [7, 11) is 0. The maximum Gasteiger partial charge on any atom is 0.255 e. The average molecular weight is 329 g/mol. The van der Waals surface area contributed by atoms with Crippen molar-refractivity contribution in [3.05, 3.63) is 23.8 Å². The van der Waals surface area contributed by atoms with Gasteiger partial charge in [-0.05, 0) is 44.0 Å². The number of benzene rings is 1. The van der Waals surface area contributed by atoms with E-state index in [1.165, 1.54) is 6.92 Å². The Kier molecular flexibility index (Phi) is 3.92. The molecule has 3 fully saturated rings. The lowest BCUT2D eigenvalue weighted by Crippen LogP contribution is -2.57. The Morgan fingerprint density at radius 3 is 2.67 bits per heavy atom. The Morgan fingerprint density at radius 1 is 1.21 bits per heavy atom. The summed E-state index contributed by atoms with van der Waals surface area (Å²) in [5, 5.41) is 3.20. The van der Waals surface area contributed by atoms with Crippen molar-refractivity contribution >= 4 is 17.5 Å². The Bertz CT molecular complexity index is 667. The molecule has 6 nitrogen and oxygen atoms in total. The number of piperidine rings is 3. The van der Waals surface area contributed by atoms with Crippen LogP contribution in [0.3, 0.4) is 0 Å². The molecular weight excluding hydrogens is 306 g/mol. The summed E-state index contributed by atoms with van der Waals surface area (Å²) >= 11 is 0. The molecule has 0 saturated carbocycles. The van der Waals surface area contributed by atoms with E-state index in [0.29, 0.717) is 36.1 Å². The van der Waals surface area contributed by atoms with Gasteiger partial charge in [0.1, 0.15) is 6.61 Å². The first kappa shape index (κ1) is 15.4. The zero-order valence-corrected chi connectivity index (χ0v) is 14.0. The van der Waals surface area contributed by atoms with Crippen molar-refractivity contribution in [1.82, 2.24) is 10.2 Å². The fraction of sp³-hybridized carbons (Fsp3) is 0.556. The van der Waals surface area contributed by atoms with E-state index < -0.39 is 0 Å². The number of rotatable bonds is 2. The van der Waals surface area contributed by atoms with Crippen molar-refractivity contribution in [3.8, 4) is 5.75 Å². The van der Waals surface area contributed by atoms with Gasteiger partial charge in [-0.25, -0.2) is 0 Å². The molecule has 0 radical (unpaired) electrons. The lowest BCUT2D eigenvalue weighted by molar-refractivity contribution is -0.116. The number of amides is 2. The fourth-order valence-corrected chi connectivity index (χ4v) is 4.13. The van der Waals surface area contributed by atoms with Gasteiger partial charge in [0.15, 0.2) is 5.75 Å². The number of nitrogens with zero attached hydrogens (tertiary/aromatic N) is 2. The van der Waals surface area contributed by atoms with Crippen LogP contribution in [0.2, 0.25) is 0 Å². The van der Waals surface area contributed by atoms with Crippen molar-refractivity contribution < 1.29 is 14.3 Å². The first-order valence-electron chi connectivity index (χ1n) is 8.70. The summed E-state index contributed by atoms with van der Waals surface area (Å²) < 4.78 is 5.74. The number of nitrogens with one attached hydrogen (secondary N) is 1. The van der Waals surface area contributed by atoms with Crippen LogP contribution in [0.15, 0.2) is 18.2 Å². The number of fused-ring (bicyclic) bond motifs is 4. The third kappa shape index (κ3) is 2.65. The van der Waals surface area contributed by atoms with Crippen molar-refractivity contribution in [1.29, 1.82) is 0 Å². The van der Waals surface area contributed by atoms with Crippen molar-refractivity contribution in [3.63, 3.8) is 0 Å². The predicted octanol–water partition coefficient (Wildman–Crippen LogP) is 1.26. The lowest BCUT2D eigenvalue weighted by atomic mass is 9.84. The van der Waals surface area contributed by atoms with Gasteiger partial charge in [0.25, 0.3) is 5.91 Å². The number of carbonyl (C=O) groups excluding carboxylic acids is 2. The highest BCUT2D eigenvalue weighted by atomic mass is 16.5. The van der Waals surface area contributed by atoms with Gasteiger partial charge in [0, 0.05) is 19.5 Å². The zero-order valence-electron chi connectivity index (χ0n) is 14.0. The van der Waals surface area contributed by atoms with Crippen LogP contribution in [0.1, 0.15) is 30.1 Å². The van der Waals surface area contributed by atoms with Gasteiger partial charge in [0.05, 0.1) is 17.8 Å². The molecule has 4 heterocycles. The van der Waals surface area contributed by atoms with Gasteiger partial charge in [-0.2, -0.15) is 0 Å². The first-order chi connectivity index (χ1) is 11.6. The number of anilines is 1. The van der Waals surface area contributed by atoms with Crippen LogP contribution >= 0.6 is 0 Å². The molecule has 128 valence electrons. The third-order valence-corrected chi connectivity index (χ3v) is 5.44. The standard InChI is InChI=1S/C18H23N3O3/c1-12(22)21-9-10-24-17-14(3-2-4-16(17)21)18(23)19-15-11-20-7-5-13(15)6-8-20/h2-4,13,15H,5-11H2,1H3,(H,19,23). The van der Waals surface area contributed by atoms with Crippen molar-refractivity contribution in [2.75, 3.05) is 37.7 Å². The van der Waals surface area contributed by atoms with Crippen LogP contribution in [0.4, 0.5) is 5.69 Å². The predicted molar refractivity (Wildman–Crippen MR) is 90.4 cm³/mol. The summed E-state index contributed by atoms with van der Waals surface area (Å²) in [4.78, 5) is 28.7. The Labute approximate surface area is 141 Å². The van der Waals surface area contributed by atoms with Crippen LogP contribution in [0.25, 0.3) is 0 Å². The molecule has 2 amide bonds. The van der Waals surface area contributed by atoms with Gasteiger partial charge in [-0.1, -0.05) is 6.07 Å². The highest BCUT2D eigenvalue weighted by molar-refractivity contribution is 6.02. The largest absolute Gasteiger partial charge is 0.489 e. The topological polar surface area (TPSA) is 61.9 Å². The molecule has 1 unspecified atom stereocenters. The number of ether oxygens (including phenoxy) is 1. The second-order valence-corrected chi connectivity index (χ2v) is 6.89. The minimum absolute atomic E-state index is 0.0329. The Balaban J connectivity index is 1.57. The number of hydrogen-bond donors (Lipinski definition) is 1. The van der Waals surface area contributed by atoms with Crippen LogP contribution in [-0.4, -0.2) is 55.5 Å². The normalized spacial score (nSPS) is 28.0. The molecule has 0 aliphatic carbocycles. The van der Waals surface area contributed by atoms with E-state index in [9.17, 15) is 9.59 Å². The average Bonchev–Trinajstić information content (AvgIpc) is 2.61. The van der Waals surface area contributed by atoms with Crippen molar-refractivity contribution in [2.45, 2.75) is 25.8 Å². The lowest BCUT2D eigenvalue weighted by Gasteiger charge is -2.45. The number of para-hydroxylation sites is 1. The van der Waals surface area contributed by atoms with E-state index in [-0.39, 0.29) is 17.9 Å². The number of hydrogen-bond acceptors (Lipinski definition) is 4. The molecule has 0 spiro atoms. The Morgan fingerprint density at radius 2 is 2.00 bits per heavy atom. The molecule has 6 heteroatoms. The summed E-state index contributed by atoms with van der Waals surface area (Å²) in [6.07, 6.45) is 2.32. The van der Waals surface area contributed by atoms with Crippen molar-refractivity contribution in [2.24, 2.45) is 5.92 Å². The van der Waals surface area contributed by atoms with Gasteiger partial charge in [-0.15, -0.1) is 0 Å². The maximum absolute atomic E-state index is 12.8. The highest BCUT2D eigenvalue weighted by Crippen LogP contribution is 2.35. The minimum atomic E-state index is -0.101. The molecule has 1 aromatic rings. The molecule has 1 aromatic carbocycles. The van der Waals surface area contributed by atoms with E-state index in [0.717, 1.165) is 32.5 Å². The number of carbonyl (C=O) groups is 2. The second kappa shape index (κ2) is 6.09. The molecule has 1 atom stereocenters. The summed E-state index contributed by atoms with van der Waals surface area (Å²) in [5.74, 6) is 0.969. The molecule has 3 saturated heterocycles. The SMILES string of the molecule is CC(=O)N1CCOc2c(C(=O)NC3CN4CCC3CC4)cccc21. The Hall–Kier alpha value is -2.08. The summed E-state index contributed by atoms with van der Waals surface area (Å²) in [5.41, 5.74) is 1.21. The highest BCUT2D eigenvalue weighted by Gasteiger charge is 2.35. The minimum Gasteiger partial charge on any atom is -0.489 e. The van der Waals surface area contributed by atoms with Crippen LogP contribution < -0.4 is 15.0 Å². The van der Waals surface area contributed by atoms with E-state index >= 15 is 0 Å². The fourth-order valence-electron chi connectivity index (χ4n) is 4.13. The van der Waals surface area contributed by atoms with E-state index in [2.05, 4.69) is 10.2 Å². The van der Waals surface area contributed by atoms with E-state index in [1.54, 1.807) is 11.0 Å². The van der Waals surface area contributed by atoms with Crippen LogP contribution in [0.5, 0.6) is 5.75 Å². The second-order valence-electron chi connectivity index (χ2n) is 6.89. The summed E-state index contributed by atoms with van der Waals surface area (Å²) in [6.45, 7) is 5.70. The molecule has 4 aliphatic heterocycles. The molecule has 5 rings (SSSR count). The molecule has 0 aromatic heterocycles. The van der Waals surface area contributed by atoms with E-state index in [1.807, 2.05) is 12.1 Å². The van der Waals surface area contributed by atoms with Gasteiger partial charge >= 0.3 is 0 Å². The molecule has 2 bridgehead atoms. The molecule has 1 N–H and O–H groups in total. The van der Waals surface area contributed by atoms with Crippen LogP contribution in [0, 0.1) is 5.92 Å². The zero-order chi connectivity index (χ0) is 16.7. The monoisotopic (exact) mass is 329 g/mol. The molecule has 4 aliphatic rings. The molecular formula is C18H23N3O3. The third-order valence-electron chi connectivity index (χ3n) is 5.44. The van der Waals surface area contributed by atoms with Crippen LogP contribution in [-0.2, 0) is 4.79 Å². The van der Waals surface area contributed by atoms with E-state index in [4.69, 9.17) is 4.74 Å².